The van der Waals surface area contributed by atoms with Gasteiger partial charge in [0.1, 0.15) is 11.8 Å². The number of aryl methyl sites for hydroxylation is 1. The van der Waals surface area contributed by atoms with E-state index in [9.17, 15) is 13.2 Å². The Morgan fingerprint density at radius 1 is 1.04 bits per heavy atom. The number of Topliss-reactive ketones (excluding diaryl/α,β-unsaturated/α-hetero) is 1. The molecule has 0 aromatic heterocycles. The van der Waals surface area contributed by atoms with Gasteiger partial charge in [0.2, 0.25) is 10.0 Å². The van der Waals surface area contributed by atoms with Crippen molar-refractivity contribution in [3.63, 3.8) is 0 Å². The summed E-state index contributed by atoms with van der Waals surface area (Å²) in [5.41, 5.74) is 1.52. The minimum atomic E-state index is -3.79. The largest absolute Gasteiger partial charge is 0.497 e. The number of ketones is 1. The van der Waals surface area contributed by atoms with Gasteiger partial charge in [-0.1, -0.05) is 29.8 Å². The van der Waals surface area contributed by atoms with Crippen molar-refractivity contribution in [1.82, 2.24) is 4.72 Å². The molecule has 6 heteroatoms. The van der Waals surface area contributed by atoms with Crippen molar-refractivity contribution in [3.8, 4) is 5.75 Å². The maximum atomic E-state index is 12.5. The van der Waals surface area contributed by atoms with Gasteiger partial charge in [0.25, 0.3) is 0 Å². The summed E-state index contributed by atoms with van der Waals surface area (Å²) >= 11 is 0. The van der Waals surface area contributed by atoms with Crippen molar-refractivity contribution in [3.05, 3.63) is 59.7 Å². The maximum absolute atomic E-state index is 12.5. The Balaban J connectivity index is 2.31. The van der Waals surface area contributed by atoms with E-state index in [1.807, 2.05) is 6.92 Å². The third kappa shape index (κ3) is 4.18. The van der Waals surface area contributed by atoms with Crippen LogP contribution in [0, 0.1) is 6.92 Å². The van der Waals surface area contributed by atoms with Gasteiger partial charge in [0.05, 0.1) is 12.0 Å². The van der Waals surface area contributed by atoms with E-state index in [0.29, 0.717) is 11.3 Å². The zero-order chi connectivity index (χ0) is 17.0. The molecule has 2 aromatic carbocycles. The van der Waals surface area contributed by atoms with Crippen LogP contribution in [-0.4, -0.2) is 21.3 Å². The lowest BCUT2D eigenvalue weighted by Gasteiger charge is -2.17. The molecule has 0 heterocycles. The molecule has 0 saturated heterocycles. The van der Waals surface area contributed by atoms with Crippen molar-refractivity contribution < 1.29 is 17.9 Å². The number of benzene rings is 2. The van der Waals surface area contributed by atoms with Crippen LogP contribution in [0.4, 0.5) is 0 Å². The van der Waals surface area contributed by atoms with Gasteiger partial charge in [-0.3, -0.25) is 4.79 Å². The van der Waals surface area contributed by atoms with Gasteiger partial charge >= 0.3 is 0 Å². The highest BCUT2D eigenvalue weighted by atomic mass is 32.2. The van der Waals surface area contributed by atoms with Crippen molar-refractivity contribution in [1.29, 1.82) is 0 Å². The highest BCUT2D eigenvalue weighted by Gasteiger charge is 2.24. The normalized spacial score (nSPS) is 12.7. The standard InChI is InChI=1S/C17H19NO4S/c1-12-4-10-16(11-5-12)23(20,21)18-17(13(2)19)14-6-8-15(22-3)9-7-14/h4-11,17-18H,1-3H3. The van der Waals surface area contributed by atoms with E-state index in [1.54, 1.807) is 36.4 Å². The summed E-state index contributed by atoms with van der Waals surface area (Å²) in [6.07, 6.45) is 0. The topological polar surface area (TPSA) is 72.5 Å². The molecule has 5 nitrogen and oxygen atoms in total. The molecule has 0 radical (unpaired) electrons. The molecular weight excluding hydrogens is 314 g/mol. The van der Waals surface area contributed by atoms with E-state index >= 15 is 0 Å². The number of hydrogen-bond donors (Lipinski definition) is 1. The molecule has 0 amide bonds. The van der Waals surface area contributed by atoms with Crippen LogP contribution in [0.1, 0.15) is 24.1 Å². The lowest BCUT2D eigenvalue weighted by Crippen LogP contribution is -2.32. The summed E-state index contributed by atoms with van der Waals surface area (Å²) in [6.45, 7) is 3.23. The monoisotopic (exact) mass is 333 g/mol. The van der Waals surface area contributed by atoms with Gasteiger partial charge in [0, 0.05) is 0 Å². The highest BCUT2D eigenvalue weighted by molar-refractivity contribution is 7.89. The maximum Gasteiger partial charge on any atom is 0.241 e. The molecule has 0 fully saturated rings. The van der Waals surface area contributed by atoms with Crippen molar-refractivity contribution >= 4 is 15.8 Å². The van der Waals surface area contributed by atoms with Gasteiger partial charge in [-0.15, -0.1) is 0 Å². The highest BCUT2D eigenvalue weighted by Crippen LogP contribution is 2.21. The number of carbonyl (C=O) groups is 1. The van der Waals surface area contributed by atoms with E-state index < -0.39 is 16.1 Å². The minimum Gasteiger partial charge on any atom is -0.497 e. The van der Waals surface area contributed by atoms with Crippen molar-refractivity contribution in [2.45, 2.75) is 24.8 Å². The number of carbonyl (C=O) groups excluding carboxylic acids is 1. The molecule has 0 spiro atoms. The lowest BCUT2D eigenvalue weighted by molar-refractivity contribution is -0.118. The van der Waals surface area contributed by atoms with Crippen molar-refractivity contribution in [2.75, 3.05) is 7.11 Å². The first-order valence-corrected chi connectivity index (χ1v) is 8.55. The molecule has 2 rings (SSSR count). The van der Waals surface area contributed by atoms with E-state index in [4.69, 9.17) is 4.74 Å². The molecule has 0 aliphatic rings. The summed E-state index contributed by atoms with van der Waals surface area (Å²) in [5.74, 6) is 0.350. The second kappa shape index (κ2) is 6.93. The Morgan fingerprint density at radius 2 is 1.61 bits per heavy atom. The van der Waals surface area contributed by atoms with E-state index in [1.165, 1.54) is 26.2 Å². The molecule has 2 aromatic rings. The Kier molecular flexibility index (Phi) is 5.18. The zero-order valence-corrected chi connectivity index (χ0v) is 14.1. The van der Waals surface area contributed by atoms with Gasteiger partial charge < -0.3 is 4.74 Å². The van der Waals surface area contributed by atoms with E-state index in [-0.39, 0.29) is 10.7 Å². The molecule has 1 unspecified atom stereocenters. The van der Waals surface area contributed by atoms with Crippen LogP contribution in [-0.2, 0) is 14.8 Å². The van der Waals surface area contributed by atoms with Crippen LogP contribution in [0.15, 0.2) is 53.4 Å². The van der Waals surface area contributed by atoms with Gasteiger partial charge in [-0.05, 0) is 43.7 Å². The first-order chi connectivity index (χ1) is 10.8. The van der Waals surface area contributed by atoms with Crippen molar-refractivity contribution in [2.24, 2.45) is 0 Å². The second-order valence-corrected chi connectivity index (χ2v) is 6.97. The average molecular weight is 333 g/mol. The Labute approximate surface area is 136 Å². The number of rotatable bonds is 6. The molecule has 122 valence electrons. The molecule has 1 atom stereocenters. The molecule has 0 saturated carbocycles. The van der Waals surface area contributed by atoms with E-state index in [2.05, 4.69) is 4.72 Å². The second-order valence-electron chi connectivity index (χ2n) is 5.25. The fraction of sp³-hybridized carbons (Fsp3) is 0.235. The van der Waals surface area contributed by atoms with Crippen LogP contribution in [0.2, 0.25) is 0 Å². The minimum absolute atomic E-state index is 0.128. The Bertz CT molecular complexity index is 780. The predicted molar refractivity (Wildman–Crippen MR) is 87.9 cm³/mol. The third-order valence-electron chi connectivity index (χ3n) is 3.46. The number of nitrogens with one attached hydrogen (secondary N) is 1. The molecule has 0 aliphatic carbocycles. The van der Waals surface area contributed by atoms with Crippen LogP contribution in [0.5, 0.6) is 5.75 Å². The number of methoxy groups -OCH3 is 1. The summed E-state index contributed by atoms with van der Waals surface area (Å²) in [4.78, 5) is 12.0. The Hall–Kier alpha value is -2.18. The van der Waals surface area contributed by atoms with Gasteiger partial charge in [-0.2, -0.15) is 4.72 Å². The smallest absolute Gasteiger partial charge is 0.241 e. The zero-order valence-electron chi connectivity index (χ0n) is 13.2. The van der Waals surface area contributed by atoms with Crippen LogP contribution in [0.25, 0.3) is 0 Å². The molecule has 1 N–H and O–H groups in total. The van der Waals surface area contributed by atoms with Gasteiger partial charge in [0.15, 0.2) is 5.78 Å². The van der Waals surface area contributed by atoms with E-state index in [0.717, 1.165) is 5.56 Å². The van der Waals surface area contributed by atoms with Crippen LogP contribution < -0.4 is 9.46 Å². The summed E-state index contributed by atoms with van der Waals surface area (Å²) in [5, 5.41) is 0. The summed E-state index contributed by atoms with van der Waals surface area (Å²) in [6, 6.07) is 12.2. The van der Waals surface area contributed by atoms with Crippen LogP contribution >= 0.6 is 0 Å². The summed E-state index contributed by atoms with van der Waals surface area (Å²) in [7, 11) is -2.25. The summed E-state index contributed by atoms with van der Waals surface area (Å²) < 4.78 is 32.5. The first kappa shape index (κ1) is 17.2. The molecule has 0 aliphatic heterocycles. The number of ether oxygens (including phenoxy) is 1. The van der Waals surface area contributed by atoms with Crippen LogP contribution in [0.3, 0.4) is 0 Å². The molecule has 23 heavy (non-hydrogen) atoms. The fourth-order valence-electron chi connectivity index (χ4n) is 2.12. The first-order valence-electron chi connectivity index (χ1n) is 7.07. The Morgan fingerprint density at radius 3 is 2.09 bits per heavy atom. The number of sulfonamides is 1. The van der Waals surface area contributed by atoms with Gasteiger partial charge in [-0.25, -0.2) is 8.42 Å². The fourth-order valence-corrected chi connectivity index (χ4v) is 3.37. The lowest BCUT2D eigenvalue weighted by atomic mass is 10.0. The third-order valence-corrected chi connectivity index (χ3v) is 4.90. The predicted octanol–water partition coefficient (Wildman–Crippen LogP) is 2.61. The SMILES string of the molecule is COc1ccc(C(NS(=O)(=O)c2ccc(C)cc2)C(C)=O)cc1. The molecule has 0 bridgehead atoms. The average Bonchev–Trinajstić information content (AvgIpc) is 2.53. The molecular formula is C17H19NO4S. The number of hydrogen-bond acceptors (Lipinski definition) is 4. The quantitative estimate of drug-likeness (QED) is 0.882.